The summed E-state index contributed by atoms with van der Waals surface area (Å²) in [5.74, 6) is -0.538. The summed E-state index contributed by atoms with van der Waals surface area (Å²) in [6.07, 6.45) is 0. The van der Waals surface area contributed by atoms with E-state index in [-0.39, 0.29) is 21.4 Å². The van der Waals surface area contributed by atoms with Gasteiger partial charge < -0.3 is 0 Å². The zero-order valence-electron chi connectivity index (χ0n) is 13.9. The van der Waals surface area contributed by atoms with E-state index in [0.717, 1.165) is 0 Å². The van der Waals surface area contributed by atoms with Crippen molar-refractivity contribution in [2.45, 2.75) is 15.5 Å². The van der Waals surface area contributed by atoms with Gasteiger partial charge in [0.05, 0.1) is 15.9 Å². The molecule has 9 nitrogen and oxygen atoms in total. The van der Waals surface area contributed by atoms with Crippen LogP contribution in [0.4, 0.5) is 0 Å². The minimum Gasteiger partial charge on any atom is -0.223 e. The highest BCUT2D eigenvalue weighted by Crippen LogP contribution is 2.13. The summed E-state index contributed by atoms with van der Waals surface area (Å²) in [7, 11) is -6.74. The molecule has 0 spiro atoms. The fourth-order valence-corrected chi connectivity index (χ4v) is 4.03. The molecule has 3 aromatic rings. The summed E-state index contributed by atoms with van der Waals surface area (Å²) in [4.78, 5) is 0.460. The molecule has 1 aromatic heterocycles. The zero-order chi connectivity index (χ0) is 19.8. The molecule has 0 aliphatic carbocycles. The molecular weight excluding hydrogens is 390 g/mol. The van der Waals surface area contributed by atoms with E-state index in [1.165, 1.54) is 24.3 Å². The van der Waals surface area contributed by atoms with E-state index >= 15 is 0 Å². The van der Waals surface area contributed by atoms with Crippen LogP contribution in [0.5, 0.6) is 0 Å². The summed E-state index contributed by atoms with van der Waals surface area (Å²) in [6, 6.07) is 17.7. The number of rotatable bonds is 5. The summed E-state index contributed by atoms with van der Waals surface area (Å²) >= 11 is 0. The summed E-state index contributed by atoms with van der Waals surface area (Å²) < 4.78 is 46.0. The van der Waals surface area contributed by atoms with Crippen LogP contribution in [0.15, 0.2) is 70.5 Å². The standard InChI is InChI=1S/C8H8N4O2S.C8H7NO2S/c13-15(14,6-8-9-11-12-10-8)7-4-2-1-3-5-7;9-6-7-12(10,11)8-4-2-1-3-5-8/h1-5H,6H2,(H,9,10,11,12);1-5H,7H2. The molecule has 0 radical (unpaired) electrons. The average Bonchev–Trinajstić information content (AvgIpc) is 3.16. The minimum absolute atomic E-state index is 0.166. The van der Waals surface area contributed by atoms with Gasteiger partial charge in [-0.3, -0.25) is 0 Å². The van der Waals surface area contributed by atoms with Gasteiger partial charge in [0.1, 0.15) is 11.5 Å². The van der Waals surface area contributed by atoms with Gasteiger partial charge in [0.2, 0.25) is 0 Å². The van der Waals surface area contributed by atoms with E-state index in [2.05, 4.69) is 20.6 Å². The Morgan fingerprint density at radius 2 is 1.37 bits per heavy atom. The van der Waals surface area contributed by atoms with Crippen molar-refractivity contribution >= 4 is 19.7 Å². The molecule has 0 aliphatic rings. The van der Waals surface area contributed by atoms with Crippen LogP contribution in [-0.4, -0.2) is 43.2 Å². The second-order valence-corrected chi connectivity index (χ2v) is 9.11. The molecule has 0 bridgehead atoms. The van der Waals surface area contributed by atoms with Crippen molar-refractivity contribution in [3.8, 4) is 6.07 Å². The molecule has 0 unspecified atom stereocenters. The summed E-state index contributed by atoms with van der Waals surface area (Å²) in [6.45, 7) is 0. The van der Waals surface area contributed by atoms with Crippen molar-refractivity contribution in [2.75, 3.05) is 5.75 Å². The largest absolute Gasteiger partial charge is 0.223 e. The lowest BCUT2D eigenvalue weighted by Crippen LogP contribution is -2.06. The second-order valence-electron chi connectivity index (χ2n) is 5.13. The predicted molar refractivity (Wildman–Crippen MR) is 95.6 cm³/mol. The number of aromatic nitrogens is 4. The molecule has 0 aliphatic heterocycles. The van der Waals surface area contributed by atoms with Gasteiger partial charge in [-0.15, -0.1) is 10.2 Å². The first kappa shape index (κ1) is 20.2. The fraction of sp³-hybridized carbons (Fsp3) is 0.125. The fourth-order valence-electron chi connectivity index (χ4n) is 1.92. The first-order valence-electron chi connectivity index (χ1n) is 7.50. The van der Waals surface area contributed by atoms with Crippen molar-refractivity contribution < 1.29 is 16.8 Å². The lowest BCUT2D eigenvalue weighted by Gasteiger charge is -1.99. The number of nitrogens with zero attached hydrogens (tertiary/aromatic N) is 4. The van der Waals surface area contributed by atoms with Crippen molar-refractivity contribution in [1.29, 1.82) is 5.26 Å². The SMILES string of the molecule is N#CCS(=O)(=O)c1ccccc1.O=S(=O)(Cc1nn[nH]n1)c1ccccc1. The number of aromatic amines is 1. The Bertz CT molecular complexity index is 1090. The normalized spacial score (nSPS) is 11.1. The first-order valence-corrected chi connectivity index (χ1v) is 10.8. The van der Waals surface area contributed by atoms with Crippen LogP contribution in [0.3, 0.4) is 0 Å². The number of benzene rings is 2. The Labute approximate surface area is 156 Å². The Hall–Kier alpha value is -3.10. The average molecular weight is 405 g/mol. The maximum absolute atomic E-state index is 11.8. The van der Waals surface area contributed by atoms with Gasteiger partial charge in [0, 0.05) is 0 Å². The number of sulfone groups is 2. The number of nitrogens with one attached hydrogen (secondary N) is 1. The summed E-state index contributed by atoms with van der Waals surface area (Å²) in [5, 5.41) is 20.9. The lowest BCUT2D eigenvalue weighted by atomic mass is 10.4. The molecule has 1 N–H and O–H groups in total. The molecule has 27 heavy (non-hydrogen) atoms. The van der Waals surface area contributed by atoms with Crippen molar-refractivity contribution in [3.63, 3.8) is 0 Å². The Morgan fingerprint density at radius 1 is 0.852 bits per heavy atom. The van der Waals surface area contributed by atoms with Gasteiger partial charge in [-0.25, -0.2) is 16.8 Å². The van der Waals surface area contributed by atoms with Crippen LogP contribution in [0.25, 0.3) is 0 Å². The highest BCUT2D eigenvalue weighted by atomic mass is 32.2. The number of nitriles is 1. The maximum atomic E-state index is 11.8. The van der Waals surface area contributed by atoms with E-state index in [4.69, 9.17) is 5.26 Å². The van der Waals surface area contributed by atoms with E-state index in [1.807, 2.05) is 0 Å². The third-order valence-electron chi connectivity index (χ3n) is 3.17. The molecule has 0 fully saturated rings. The van der Waals surface area contributed by atoms with Gasteiger partial charge in [-0.2, -0.15) is 10.5 Å². The molecular formula is C16H15N5O4S2. The molecule has 1 heterocycles. The molecule has 3 rings (SSSR count). The van der Waals surface area contributed by atoms with Gasteiger partial charge in [0.25, 0.3) is 0 Å². The Kier molecular flexibility index (Phi) is 6.75. The highest BCUT2D eigenvalue weighted by Gasteiger charge is 2.17. The monoisotopic (exact) mass is 405 g/mol. The van der Waals surface area contributed by atoms with Crippen LogP contribution in [0, 0.1) is 11.3 Å². The van der Waals surface area contributed by atoms with Crippen LogP contribution in [0.2, 0.25) is 0 Å². The molecule has 0 saturated heterocycles. The van der Waals surface area contributed by atoms with E-state index in [1.54, 1.807) is 42.5 Å². The van der Waals surface area contributed by atoms with Crippen LogP contribution in [0.1, 0.15) is 5.82 Å². The third-order valence-corrected chi connectivity index (χ3v) is 6.30. The van der Waals surface area contributed by atoms with Crippen molar-refractivity contribution in [1.82, 2.24) is 20.6 Å². The van der Waals surface area contributed by atoms with E-state index < -0.39 is 25.4 Å². The van der Waals surface area contributed by atoms with Gasteiger partial charge in [-0.05, 0) is 24.3 Å². The zero-order valence-corrected chi connectivity index (χ0v) is 15.6. The molecule has 0 amide bonds. The van der Waals surface area contributed by atoms with Gasteiger partial charge in [0.15, 0.2) is 25.5 Å². The molecule has 11 heteroatoms. The van der Waals surface area contributed by atoms with Gasteiger partial charge in [-0.1, -0.05) is 41.6 Å². The number of hydrogen-bond acceptors (Lipinski definition) is 8. The number of H-pyrrole nitrogens is 1. The molecule has 140 valence electrons. The quantitative estimate of drug-likeness (QED) is 0.665. The third kappa shape index (κ3) is 5.98. The lowest BCUT2D eigenvalue weighted by molar-refractivity contribution is 0.593. The van der Waals surface area contributed by atoms with E-state index in [0.29, 0.717) is 0 Å². The topological polar surface area (TPSA) is 147 Å². The second kappa shape index (κ2) is 9.02. The van der Waals surface area contributed by atoms with Crippen molar-refractivity contribution in [3.05, 3.63) is 66.5 Å². The minimum atomic E-state index is -3.37. The van der Waals surface area contributed by atoms with Crippen LogP contribution >= 0.6 is 0 Å². The van der Waals surface area contributed by atoms with Gasteiger partial charge >= 0.3 is 0 Å². The number of hydrogen-bond donors (Lipinski definition) is 1. The highest BCUT2D eigenvalue weighted by molar-refractivity contribution is 7.91. The predicted octanol–water partition coefficient (Wildman–Crippen LogP) is 1.16. The van der Waals surface area contributed by atoms with Crippen LogP contribution < -0.4 is 0 Å². The Balaban J connectivity index is 0.000000199. The summed E-state index contributed by atoms with van der Waals surface area (Å²) in [5.41, 5.74) is 0. The first-order chi connectivity index (χ1) is 12.8. The smallest absolute Gasteiger partial charge is 0.191 e. The molecule has 0 atom stereocenters. The Morgan fingerprint density at radius 3 is 1.81 bits per heavy atom. The maximum Gasteiger partial charge on any atom is 0.191 e. The van der Waals surface area contributed by atoms with Crippen LogP contribution in [-0.2, 0) is 25.4 Å². The molecule has 0 saturated carbocycles. The van der Waals surface area contributed by atoms with E-state index in [9.17, 15) is 16.8 Å². The molecule has 2 aromatic carbocycles. The number of tetrazole rings is 1. The van der Waals surface area contributed by atoms with Crippen molar-refractivity contribution in [2.24, 2.45) is 0 Å².